The van der Waals surface area contributed by atoms with Crippen LogP contribution in [0, 0.1) is 33.9 Å². The molecule has 1 heterocycles. The summed E-state index contributed by atoms with van der Waals surface area (Å²) in [5, 5.41) is 13.3. The number of rotatable bonds is 4. The van der Waals surface area contributed by atoms with E-state index in [9.17, 15) is 19.7 Å². The number of nitro groups is 1. The van der Waals surface area contributed by atoms with Crippen molar-refractivity contribution in [2.75, 3.05) is 33.3 Å². The molecular weight excluding hydrogens is 402 g/mol. The van der Waals surface area contributed by atoms with E-state index >= 15 is 0 Å². The number of nitrogens with one attached hydrogen (secondary N) is 1. The number of amides is 2. The highest BCUT2D eigenvalue weighted by atomic mass is 16.6. The number of nitrogens with zero attached hydrogens (tertiary/aromatic N) is 3. The van der Waals surface area contributed by atoms with Crippen LogP contribution < -0.4 is 11.1 Å². The van der Waals surface area contributed by atoms with Crippen LogP contribution in [-0.2, 0) is 9.53 Å². The second kappa shape index (κ2) is 10.3. The Bertz CT molecular complexity index is 939. The van der Waals surface area contributed by atoms with Gasteiger partial charge in [0.1, 0.15) is 6.04 Å². The highest BCUT2D eigenvalue weighted by Crippen LogP contribution is 2.11. The van der Waals surface area contributed by atoms with E-state index < -0.39 is 22.5 Å². The van der Waals surface area contributed by atoms with Crippen LogP contribution in [0.5, 0.6) is 0 Å². The van der Waals surface area contributed by atoms with Crippen molar-refractivity contribution in [3.63, 3.8) is 0 Å². The van der Waals surface area contributed by atoms with E-state index in [1.54, 1.807) is 30.9 Å². The molecule has 1 aliphatic heterocycles. The molecule has 2 amide bonds. The van der Waals surface area contributed by atoms with Gasteiger partial charge in [-0.25, -0.2) is 9.59 Å². The van der Waals surface area contributed by atoms with Crippen molar-refractivity contribution in [3.8, 4) is 23.8 Å². The maximum absolute atomic E-state index is 12.5. The van der Waals surface area contributed by atoms with E-state index in [1.165, 1.54) is 19.2 Å². The Kier molecular flexibility index (Phi) is 7.83. The number of carbonyl (C=O) groups is 2. The number of benzene rings is 1. The SMILES string of the molecule is COC(=O)[C@@H](NC(=O)N1CCN(C#CC#Cc2ccc([N+](=O)[O-])cc2)CC1)C(C)(C)N. The van der Waals surface area contributed by atoms with Crippen LogP contribution in [0.2, 0.25) is 0 Å². The molecule has 1 aromatic rings. The lowest BCUT2D eigenvalue weighted by molar-refractivity contribution is -0.384. The van der Waals surface area contributed by atoms with E-state index in [0.29, 0.717) is 31.7 Å². The largest absolute Gasteiger partial charge is 0.467 e. The highest BCUT2D eigenvalue weighted by Gasteiger charge is 2.35. The molecule has 0 bridgehead atoms. The van der Waals surface area contributed by atoms with Gasteiger partial charge in [0.05, 0.1) is 12.0 Å². The average Bonchev–Trinajstić information content (AvgIpc) is 2.74. The fraction of sp³-hybridized carbons (Fsp3) is 0.429. The molecule has 0 saturated carbocycles. The first-order valence-corrected chi connectivity index (χ1v) is 9.55. The maximum atomic E-state index is 12.5. The standard InChI is InChI=1S/C21H25N5O5/c1-21(2,22)18(19(27)31-3)23-20(28)25-14-12-24(13-15-25)11-5-4-6-16-7-9-17(10-8-16)26(29)30/h7-10,18H,12-15,22H2,1-3H3,(H,23,28)/t18-/m1/s1. The average molecular weight is 427 g/mol. The smallest absolute Gasteiger partial charge is 0.330 e. The van der Waals surface area contributed by atoms with E-state index in [-0.39, 0.29) is 11.7 Å². The third-order valence-electron chi connectivity index (χ3n) is 4.58. The predicted octanol–water partition coefficient (Wildman–Crippen LogP) is 0.513. The molecule has 164 valence electrons. The van der Waals surface area contributed by atoms with E-state index in [2.05, 4.69) is 29.1 Å². The third kappa shape index (κ3) is 6.91. The zero-order chi connectivity index (χ0) is 23.0. The van der Waals surface area contributed by atoms with Crippen molar-refractivity contribution in [3.05, 3.63) is 39.9 Å². The molecule has 1 aromatic carbocycles. The van der Waals surface area contributed by atoms with Crippen LogP contribution in [0.15, 0.2) is 24.3 Å². The molecule has 0 aromatic heterocycles. The van der Waals surface area contributed by atoms with Crippen LogP contribution in [0.3, 0.4) is 0 Å². The minimum atomic E-state index is -0.974. The summed E-state index contributed by atoms with van der Waals surface area (Å²) in [7, 11) is 1.25. The molecule has 0 spiro atoms. The van der Waals surface area contributed by atoms with Gasteiger partial charge in [0, 0.05) is 61.4 Å². The molecule has 31 heavy (non-hydrogen) atoms. The molecule has 3 N–H and O–H groups in total. The summed E-state index contributed by atoms with van der Waals surface area (Å²) in [6.07, 6.45) is 0. The minimum absolute atomic E-state index is 0.00600. The fourth-order valence-electron chi connectivity index (χ4n) is 2.78. The summed E-state index contributed by atoms with van der Waals surface area (Å²) in [6, 6.07) is 7.47. The summed E-state index contributed by atoms with van der Waals surface area (Å²) in [4.78, 5) is 38.0. The van der Waals surface area contributed by atoms with Gasteiger partial charge in [0.15, 0.2) is 0 Å². The number of carbonyl (C=O) groups excluding carboxylic acids is 2. The monoisotopic (exact) mass is 427 g/mol. The van der Waals surface area contributed by atoms with Gasteiger partial charge >= 0.3 is 12.0 Å². The normalized spacial score (nSPS) is 14.3. The minimum Gasteiger partial charge on any atom is -0.467 e. The first kappa shape index (κ1) is 23.5. The Labute approximate surface area is 180 Å². The number of hydrogen-bond acceptors (Lipinski definition) is 7. The number of urea groups is 1. The van der Waals surface area contributed by atoms with Crippen molar-refractivity contribution >= 4 is 17.7 Å². The molecule has 0 radical (unpaired) electrons. The summed E-state index contributed by atoms with van der Waals surface area (Å²) in [6.45, 7) is 5.17. The molecule has 1 fully saturated rings. The number of nitro benzene ring substituents is 1. The first-order chi connectivity index (χ1) is 14.6. The van der Waals surface area contributed by atoms with Crippen LogP contribution in [0.4, 0.5) is 10.5 Å². The van der Waals surface area contributed by atoms with Gasteiger partial charge in [-0.3, -0.25) is 10.1 Å². The van der Waals surface area contributed by atoms with E-state index in [1.807, 2.05) is 4.90 Å². The van der Waals surface area contributed by atoms with Crippen molar-refractivity contribution in [2.45, 2.75) is 25.4 Å². The summed E-state index contributed by atoms with van der Waals surface area (Å²) in [5.41, 5.74) is 5.64. The van der Waals surface area contributed by atoms with Gasteiger partial charge in [-0.15, -0.1) is 0 Å². The Morgan fingerprint density at radius 2 is 1.81 bits per heavy atom. The Morgan fingerprint density at radius 1 is 1.19 bits per heavy atom. The molecule has 10 heteroatoms. The third-order valence-corrected chi connectivity index (χ3v) is 4.58. The zero-order valence-corrected chi connectivity index (χ0v) is 17.7. The Hall–Kier alpha value is -3.76. The van der Waals surface area contributed by atoms with Crippen molar-refractivity contribution in [1.29, 1.82) is 0 Å². The molecule has 1 atom stereocenters. The first-order valence-electron chi connectivity index (χ1n) is 9.55. The zero-order valence-electron chi connectivity index (χ0n) is 17.7. The number of methoxy groups -OCH3 is 1. The van der Waals surface area contributed by atoms with Crippen LogP contribution in [-0.4, -0.2) is 71.6 Å². The Morgan fingerprint density at radius 3 is 2.32 bits per heavy atom. The maximum Gasteiger partial charge on any atom is 0.330 e. The van der Waals surface area contributed by atoms with Gasteiger partial charge in [0.25, 0.3) is 5.69 Å². The molecule has 0 unspecified atom stereocenters. The van der Waals surface area contributed by atoms with Crippen molar-refractivity contribution in [2.24, 2.45) is 5.73 Å². The van der Waals surface area contributed by atoms with E-state index in [0.717, 1.165) is 0 Å². The molecular formula is C21H25N5O5. The lowest BCUT2D eigenvalue weighted by atomic mass is 9.96. The number of nitrogens with two attached hydrogens (primary N) is 1. The predicted molar refractivity (Wildman–Crippen MR) is 113 cm³/mol. The highest BCUT2D eigenvalue weighted by molar-refractivity contribution is 5.84. The number of non-ortho nitro benzene ring substituents is 1. The molecule has 2 rings (SSSR count). The van der Waals surface area contributed by atoms with Crippen LogP contribution in [0.1, 0.15) is 19.4 Å². The number of hydrogen-bond donors (Lipinski definition) is 2. The second-order valence-corrected chi connectivity index (χ2v) is 7.49. The van der Waals surface area contributed by atoms with Crippen molar-refractivity contribution in [1.82, 2.24) is 15.1 Å². The second-order valence-electron chi connectivity index (χ2n) is 7.49. The van der Waals surface area contributed by atoms with E-state index in [4.69, 9.17) is 10.5 Å². The van der Waals surface area contributed by atoms with Gasteiger partial charge < -0.3 is 25.6 Å². The lowest BCUT2D eigenvalue weighted by Gasteiger charge is -2.35. The summed E-state index contributed by atoms with van der Waals surface area (Å²) in [5.74, 6) is 7.68. The van der Waals surface area contributed by atoms with Crippen LogP contribution >= 0.6 is 0 Å². The molecule has 10 nitrogen and oxygen atoms in total. The summed E-state index contributed by atoms with van der Waals surface area (Å²) < 4.78 is 4.73. The number of ether oxygens (including phenoxy) is 1. The Balaban J connectivity index is 1.87. The van der Waals surface area contributed by atoms with Crippen LogP contribution in [0.25, 0.3) is 0 Å². The molecule has 0 aliphatic carbocycles. The number of piperazine rings is 1. The van der Waals surface area contributed by atoms with Crippen molar-refractivity contribution < 1.29 is 19.2 Å². The quantitative estimate of drug-likeness (QED) is 0.310. The van der Waals surface area contributed by atoms with Gasteiger partial charge in [0.2, 0.25) is 0 Å². The molecule has 1 aliphatic rings. The van der Waals surface area contributed by atoms with Gasteiger partial charge in [-0.05, 0) is 31.9 Å². The lowest BCUT2D eigenvalue weighted by Crippen LogP contribution is -2.62. The molecule has 1 saturated heterocycles. The topological polar surface area (TPSA) is 131 Å². The summed E-state index contributed by atoms with van der Waals surface area (Å²) >= 11 is 0. The number of esters is 1. The van der Waals surface area contributed by atoms with Gasteiger partial charge in [-0.2, -0.15) is 0 Å². The van der Waals surface area contributed by atoms with Gasteiger partial charge in [-0.1, -0.05) is 5.92 Å². The fourth-order valence-corrected chi connectivity index (χ4v) is 2.78.